The van der Waals surface area contributed by atoms with Crippen LogP contribution in [-0.4, -0.2) is 24.7 Å². The van der Waals surface area contributed by atoms with Gasteiger partial charge in [-0.15, -0.1) is 12.4 Å². The van der Waals surface area contributed by atoms with Gasteiger partial charge in [0.05, 0.1) is 18.7 Å². The van der Waals surface area contributed by atoms with Crippen LogP contribution in [0.1, 0.15) is 18.6 Å². The molecular weight excluding hydrogens is 284 g/mol. The van der Waals surface area contributed by atoms with Gasteiger partial charge in [0, 0.05) is 5.56 Å². The van der Waals surface area contributed by atoms with Crippen molar-refractivity contribution in [2.24, 2.45) is 0 Å². The molecule has 0 aliphatic carbocycles. The van der Waals surface area contributed by atoms with Crippen molar-refractivity contribution in [3.8, 4) is 5.75 Å². The number of aliphatic hydroxyl groups excluding tert-OH is 1. The highest BCUT2D eigenvalue weighted by molar-refractivity contribution is 6.32. The van der Waals surface area contributed by atoms with E-state index in [0.717, 1.165) is 12.1 Å². The van der Waals surface area contributed by atoms with Gasteiger partial charge in [-0.25, -0.2) is 4.39 Å². The smallest absolute Gasteiger partial charge is 0.215 e. The summed E-state index contributed by atoms with van der Waals surface area (Å²) in [5.74, 6) is -0.869. The first kappa shape index (κ1) is 17.0. The van der Waals surface area contributed by atoms with E-state index in [-0.39, 0.29) is 41.2 Å². The fourth-order valence-corrected chi connectivity index (χ4v) is 1.66. The molecule has 18 heavy (non-hydrogen) atoms. The van der Waals surface area contributed by atoms with E-state index in [1.54, 1.807) is 6.92 Å². The highest BCUT2D eigenvalue weighted by Gasteiger charge is 2.22. The zero-order chi connectivity index (χ0) is 13.0. The molecule has 0 saturated heterocycles. The van der Waals surface area contributed by atoms with E-state index in [9.17, 15) is 9.50 Å². The Morgan fingerprint density at radius 1 is 1.56 bits per heavy atom. The van der Waals surface area contributed by atoms with E-state index in [0.29, 0.717) is 0 Å². The Bertz CT molecular complexity index is 429. The molecule has 1 atom stereocenters. The van der Waals surface area contributed by atoms with E-state index >= 15 is 0 Å². The molecule has 0 fully saturated rings. The SMILES string of the molecule is CCOC(=N)C(O)c1cc(F)cc(Cl)c1OC.Cl. The van der Waals surface area contributed by atoms with Gasteiger partial charge in [0.15, 0.2) is 6.10 Å². The third kappa shape index (κ3) is 3.73. The maximum atomic E-state index is 13.2. The fraction of sp³-hybridized carbons (Fsp3) is 0.364. The van der Waals surface area contributed by atoms with Crippen LogP contribution in [0.2, 0.25) is 5.02 Å². The van der Waals surface area contributed by atoms with Crippen LogP contribution in [-0.2, 0) is 4.74 Å². The largest absolute Gasteiger partial charge is 0.495 e. The molecule has 0 heterocycles. The molecule has 0 aliphatic rings. The van der Waals surface area contributed by atoms with Gasteiger partial charge in [-0.2, -0.15) is 0 Å². The molecule has 0 saturated carbocycles. The van der Waals surface area contributed by atoms with Gasteiger partial charge in [-0.1, -0.05) is 11.6 Å². The Kier molecular flexibility index (Phi) is 6.98. The van der Waals surface area contributed by atoms with Gasteiger partial charge in [-0.3, -0.25) is 5.41 Å². The number of rotatable bonds is 4. The molecule has 0 aliphatic heterocycles. The summed E-state index contributed by atoms with van der Waals surface area (Å²) < 4.78 is 23.0. The number of halogens is 3. The molecule has 1 unspecified atom stereocenters. The first-order chi connectivity index (χ1) is 8.01. The second-order valence-electron chi connectivity index (χ2n) is 3.21. The summed E-state index contributed by atoms with van der Waals surface area (Å²) >= 11 is 5.77. The van der Waals surface area contributed by atoms with Gasteiger partial charge < -0.3 is 14.6 Å². The minimum absolute atomic E-state index is 0. The maximum absolute atomic E-state index is 13.2. The summed E-state index contributed by atoms with van der Waals surface area (Å²) in [7, 11) is 1.35. The number of methoxy groups -OCH3 is 1. The lowest BCUT2D eigenvalue weighted by Crippen LogP contribution is -2.15. The van der Waals surface area contributed by atoms with Crippen molar-refractivity contribution in [2.75, 3.05) is 13.7 Å². The van der Waals surface area contributed by atoms with Crippen molar-refractivity contribution in [2.45, 2.75) is 13.0 Å². The zero-order valence-corrected chi connectivity index (χ0v) is 11.4. The van der Waals surface area contributed by atoms with Crippen molar-refractivity contribution in [1.82, 2.24) is 0 Å². The summed E-state index contributed by atoms with van der Waals surface area (Å²) in [5, 5.41) is 17.3. The lowest BCUT2D eigenvalue weighted by Gasteiger charge is -2.16. The molecule has 0 spiro atoms. The first-order valence-corrected chi connectivity index (χ1v) is 5.31. The topological polar surface area (TPSA) is 62.5 Å². The summed E-state index contributed by atoms with van der Waals surface area (Å²) in [6.07, 6.45) is -1.40. The first-order valence-electron chi connectivity index (χ1n) is 4.93. The van der Waals surface area contributed by atoms with Crippen LogP contribution in [0.25, 0.3) is 0 Å². The number of nitrogens with one attached hydrogen (secondary N) is 1. The molecule has 7 heteroatoms. The Balaban J connectivity index is 0.00000289. The van der Waals surface area contributed by atoms with Crippen molar-refractivity contribution in [3.05, 3.63) is 28.5 Å². The van der Waals surface area contributed by atoms with E-state index in [4.69, 9.17) is 26.5 Å². The Morgan fingerprint density at radius 2 is 2.17 bits per heavy atom. The summed E-state index contributed by atoms with van der Waals surface area (Å²) in [4.78, 5) is 0. The van der Waals surface area contributed by atoms with Crippen molar-refractivity contribution in [1.29, 1.82) is 5.41 Å². The quantitative estimate of drug-likeness (QED) is 0.663. The standard InChI is InChI=1S/C11H13ClFNO3.ClH/c1-3-17-11(14)9(15)7-4-6(13)5-8(12)10(7)16-2;/h4-5,9,14-15H,3H2,1-2H3;1H. The van der Waals surface area contributed by atoms with Crippen LogP contribution in [0.5, 0.6) is 5.75 Å². The van der Waals surface area contributed by atoms with E-state index in [1.165, 1.54) is 7.11 Å². The molecule has 2 N–H and O–H groups in total. The normalized spacial score (nSPS) is 11.4. The minimum Gasteiger partial charge on any atom is -0.495 e. The van der Waals surface area contributed by atoms with Crippen molar-refractivity contribution < 1.29 is 19.0 Å². The second-order valence-corrected chi connectivity index (χ2v) is 3.62. The molecule has 1 aromatic carbocycles. The summed E-state index contributed by atoms with van der Waals surface area (Å²) in [6, 6.07) is 2.13. The van der Waals surface area contributed by atoms with Gasteiger partial charge in [0.1, 0.15) is 11.6 Å². The monoisotopic (exact) mass is 297 g/mol. The van der Waals surface area contributed by atoms with Gasteiger partial charge in [-0.05, 0) is 19.1 Å². The van der Waals surface area contributed by atoms with Gasteiger partial charge in [0.2, 0.25) is 5.90 Å². The molecule has 1 aromatic rings. The number of hydrogen-bond acceptors (Lipinski definition) is 4. The zero-order valence-electron chi connectivity index (χ0n) is 9.87. The molecule has 0 bridgehead atoms. The lowest BCUT2D eigenvalue weighted by molar-refractivity contribution is 0.186. The Hall–Kier alpha value is -1.04. The van der Waals surface area contributed by atoms with Crippen LogP contribution in [0, 0.1) is 11.2 Å². The fourth-order valence-electron chi connectivity index (χ4n) is 1.37. The number of aliphatic hydroxyl groups is 1. The predicted molar refractivity (Wildman–Crippen MR) is 69.5 cm³/mol. The van der Waals surface area contributed by atoms with Gasteiger partial charge in [0.25, 0.3) is 0 Å². The average Bonchev–Trinajstić information content (AvgIpc) is 2.27. The van der Waals surface area contributed by atoms with E-state index < -0.39 is 11.9 Å². The van der Waals surface area contributed by atoms with Crippen LogP contribution in [0.3, 0.4) is 0 Å². The molecule has 0 radical (unpaired) electrons. The highest BCUT2D eigenvalue weighted by atomic mass is 35.5. The maximum Gasteiger partial charge on any atom is 0.215 e. The Morgan fingerprint density at radius 3 is 2.67 bits per heavy atom. The van der Waals surface area contributed by atoms with E-state index in [2.05, 4.69) is 0 Å². The molecule has 0 amide bonds. The average molecular weight is 298 g/mol. The summed E-state index contributed by atoms with van der Waals surface area (Å²) in [6.45, 7) is 1.91. The lowest BCUT2D eigenvalue weighted by atomic mass is 10.1. The second kappa shape index (κ2) is 7.41. The third-order valence-electron chi connectivity index (χ3n) is 2.08. The third-order valence-corrected chi connectivity index (χ3v) is 2.36. The van der Waals surface area contributed by atoms with Crippen molar-refractivity contribution in [3.63, 3.8) is 0 Å². The van der Waals surface area contributed by atoms with Crippen LogP contribution >= 0.6 is 24.0 Å². The predicted octanol–water partition coefficient (Wildman–Crippen LogP) is 2.96. The van der Waals surface area contributed by atoms with E-state index in [1.807, 2.05) is 0 Å². The molecule has 1 rings (SSSR count). The van der Waals surface area contributed by atoms with Crippen LogP contribution in [0.15, 0.2) is 12.1 Å². The van der Waals surface area contributed by atoms with Gasteiger partial charge >= 0.3 is 0 Å². The van der Waals surface area contributed by atoms with Crippen LogP contribution in [0.4, 0.5) is 4.39 Å². The Labute approximate surface area is 116 Å². The molecular formula is C11H14Cl2FNO3. The molecule has 4 nitrogen and oxygen atoms in total. The molecule has 0 aromatic heterocycles. The highest BCUT2D eigenvalue weighted by Crippen LogP contribution is 2.34. The number of ether oxygens (including phenoxy) is 2. The summed E-state index contributed by atoms with van der Waals surface area (Å²) in [5.41, 5.74) is 0.0657. The minimum atomic E-state index is -1.40. The van der Waals surface area contributed by atoms with Crippen molar-refractivity contribution >= 4 is 29.9 Å². The number of hydrogen-bond donors (Lipinski definition) is 2. The number of benzene rings is 1. The molecule has 102 valence electrons. The van der Waals surface area contributed by atoms with Crippen LogP contribution < -0.4 is 4.74 Å².